The van der Waals surface area contributed by atoms with Crippen LogP contribution in [0.4, 0.5) is 0 Å². The molecule has 36 nitrogen and oxygen atoms in total. The first kappa shape index (κ1) is 110. The summed E-state index contributed by atoms with van der Waals surface area (Å²) in [6, 6.07) is -2.43. The van der Waals surface area contributed by atoms with Crippen molar-refractivity contribution in [1.29, 1.82) is 0 Å². The molecule has 720 valence electrons. The number of fused-ring (bicyclic) bond motifs is 1. The second-order valence-corrected chi connectivity index (χ2v) is 37.6. The van der Waals surface area contributed by atoms with E-state index in [9.17, 15) is 62.3 Å². The number of H-pyrrole nitrogens is 2. The monoisotopic (exact) mass is 1800 g/mol. The second kappa shape index (κ2) is 55.9. The summed E-state index contributed by atoms with van der Waals surface area (Å²) in [4.78, 5) is 226. The molecule has 0 saturated heterocycles. The van der Waals surface area contributed by atoms with Crippen LogP contribution in [0, 0.1) is 53.3 Å². The topological polar surface area (TPSA) is 573 Å². The summed E-state index contributed by atoms with van der Waals surface area (Å²) in [5, 5.41) is 40.0. The molecule has 0 aliphatic heterocycles. The fourth-order valence-corrected chi connectivity index (χ4v) is 14.9. The number of benzene rings is 2. The van der Waals surface area contributed by atoms with Crippen molar-refractivity contribution in [2.45, 2.75) is 325 Å². The number of imidazole rings is 1. The van der Waals surface area contributed by atoms with Crippen molar-refractivity contribution in [2.24, 2.45) is 76.2 Å². The van der Waals surface area contributed by atoms with Gasteiger partial charge in [0.2, 0.25) is 88.6 Å². The number of nitrogens with zero attached hydrogens (tertiary/aromatic N) is 1. The van der Waals surface area contributed by atoms with Gasteiger partial charge in [-0.1, -0.05) is 186 Å². The molecule has 36 heteroatoms. The Labute approximate surface area is 761 Å². The Morgan fingerprint density at radius 2 is 0.698 bits per heavy atom. The number of hydrogen-bond donors (Lipinski definition) is 20. The van der Waals surface area contributed by atoms with Crippen molar-refractivity contribution in [3.8, 4) is 0 Å². The smallest absolute Gasteiger partial charge is 0.243 e. The van der Waals surface area contributed by atoms with Crippen LogP contribution in [0.5, 0.6) is 0 Å². The third-order valence-corrected chi connectivity index (χ3v) is 22.3. The molecule has 0 bridgehead atoms. The van der Waals surface area contributed by atoms with E-state index in [0.717, 1.165) is 10.9 Å². The van der Waals surface area contributed by atoms with Crippen molar-refractivity contribution < 1.29 is 71.9 Å². The molecule has 16 atom stereocenters. The molecule has 15 amide bonds. The van der Waals surface area contributed by atoms with Gasteiger partial charge in [0.05, 0.1) is 12.4 Å². The van der Waals surface area contributed by atoms with Crippen molar-refractivity contribution in [3.05, 3.63) is 90.1 Å². The molecule has 0 saturated carbocycles. The van der Waals surface area contributed by atoms with Crippen LogP contribution in [-0.4, -0.2) is 207 Å². The number of amides is 15. The number of carbonyl (C=O) groups is 15. The summed E-state index contributed by atoms with van der Waals surface area (Å²) in [6.07, 6.45) is 7.82. The van der Waals surface area contributed by atoms with Crippen molar-refractivity contribution in [2.75, 3.05) is 13.1 Å². The molecule has 0 spiro atoms. The highest BCUT2D eigenvalue weighted by Gasteiger charge is 2.41. The van der Waals surface area contributed by atoms with Crippen LogP contribution < -0.4 is 97.4 Å². The van der Waals surface area contributed by atoms with E-state index >= 15 is 9.59 Å². The van der Waals surface area contributed by atoms with E-state index in [-0.39, 0.29) is 99.7 Å². The van der Waals surface area contributed by atoms with Crippen molar-refractivity contribution in [1.82, 2.24) is 89.4 Å². The summed E-state index contributed by atoms with van der Waals surface area (Å²) in [5.41, 5.74) is 26.1. The maximum atomic E-state index is 15.1. The SMILES string of the molecule is CC[C@H](C)[C@H](NC(=O)[C@H](CC(C)C)NC(=O)[C@H](CC(C)C)NC(=O)[C@H](Cc1ccccc1)NC(=O)[C@H](CC(C)C)NC(=O)[C@H](Cc1cnc[nH]1)NC(=O)[C@H](Cc1c[nH]c2ccccc12)NC(=O)[C@@H](N)CCCCN)C(=O)N[C@@H](CC(C)C)C(=O)N[C@@H](C)C(=O)N[C@H](C(=O)N[C@@H](CC(C)C)C(=O)N[C@@H](CCCCN)C(=O)N[C@H](C(=O)N[C@@H](CC(C)C)C(N)=O)C(C)C)C(C)C. The van der Waals surface area contributed by atoms with Gasteiger partial charge >= 0.3 is 0 Å². The number of aromatic nitrogens is 3. The van der Waals surface area contributed by atoms with Gasteiger partial charge in [-0.05, 0) is 161 Å². The number of rotatable bonds is 59. The van der Waals surface area contributed by atoms with Gasteiger partial charge in [-0.3, -0.25) is 71.9 Å². The van der Waals surface area contributed by atoms with Crippen LogP contribution in [0.3, 0.4) is 0 Å². The van der Waals surface area contributed by atoms with Gasteiger partial charge in [0.25, 0.3) is 0 Å². The predicted octanol–water partition coefficient (Wildman–Crippen LogP) is 3.43. The molecule has 0 aliphatic rings. The Morgan fingerprint density at radius 3 is 1.13 bits per heavy atom. The Bertz CT molecular complexity index is 4250. The molecule has 0 unspecified atom stereocenters. The van der Waals surface area contributed by atoms with Crippen molar-refractivity contribution >= 4 is 99.5 Å². The molecule has 0 fully saturated rings. The molecular weight excluding hydrogens is 1650 g/mol. The summed E-state index contributed by atoms with van der Waals surface area (Å²) in [6.45, 7) is 34.4. The summed E-state index contributed by atoms with van der Waals surface area (Å²) >= 11 is 0. The normalized spacial score (nSPS) is 15.4. The van der Waals surface area contributed by atoms with Crippen LogP contribution in [0.15, 0.2) is 73.3 Å². The van der Waals surface area contributed by atoms with Gasteiger partial charge in [0.15, 0.2) is 0 Å². The molecule has 24 N–H and O–H groups in total. The Balaban J connectivity index is 1.57. The minimum Gasteiger partial charge on any atom is -0.368 e. The number of nitrogens with two attached hydrogens (primary N) is 4. The van der Waals surface area contributed by atoms with E-state index in [1.165, 1.54) is 19.4 Å². The standard InChI is InChI=1S/C93H153N21O15/c1-20-58(18)78(93(129)111-68(39-51(4)5)83(119)101-59(19)80(116)112-76(56(14)15)92(128)110-71(42-54(10)11)84(120)102-66(35-27-29-37-95)82(118)113-77(57(16)17)91(127)103-67(79(97)115)38-50(2)3)114-90(126)72(43-55(12)13)107-85(121)69(40-52(6)7)105-87(123)73(44-60-30-22-21-23-31-60)108-86(122)70(41-53(8)9)106-89(125)75(46-62-48-98-49-100-62)109-88(124)74(104-81(117)64(96)33-26-28-36-94)45-61-47-99-65-34-25-24-32-63(61)65/h21-25,30-32,34,47-59,64,66-78,99H,20,26-29,33,35-46,94-96H2,1-19H3,(H2,97,115)(H,98,100)(H,101,119)(H,102,120)(H,103,127)(H,104,117)(H,105,123)(H,106,125)(H,107,121)(H,108,122)(H,109,124)(H,110,128)(H,111,129)(H,112,116)(H,113,118)(H,114,126)/t58-,59-,64-,66-,67-,68-,69-,70-,71-,72-,73-,74-,75-,76-,77-,78-/m0/s1. The van der Waals surface area contributed by atoms with Crippen molar-refractivity contribution in [3.63, 3.8) is 0 Å². The number of nitrogens with one attached hydrogen (secondary N) is 16. The minimum absolute atomic E-state index is 0.00325. The first-order chi connectivity index (χ1) is 60.8. The van der Waals surface area contributed by atoms with E-state index in [4.69, 9.17) is 22.9 Å². The Morgan fingerprint density at radius 1 is 0.349 bits per heavy atom. The molecule has 2 heterocycles. The molecular formula is C93H153N21O15. The van der Waals surface area contributed by atoms with Gasteiger partial charge in [-0.15, -0.1) is 0 Å². The number of unbranched alkanes of at least 4 members (excludes halogenated alkanes) is 2. The van der Waals surface area contributed by atoms with E-state index in [1.54, 1.807) is 78.1 Å². The van der Waals surface area contributed by atoms with Crippen LogP contribution >= 0.6 is 0 Å². The first-order valence-corrected chi connectivity index (χ1v) is 46.0. The Hall–Kier alpha value is -10.9. The fraction of sp³-hybridized carbons (Fsp3) is 0.656. The van der Waals surface area contributed by atoms with Gasteiger partial charge < -0.3 is 107 Å². The Kier molecular flexibility index (Phi) is 47.8. The number of primary amides is 1. The maximum absolute atomic E-state index is 15.1. The maximum Gasteiger partial charge on any atom is 0.243 e. The van der Waals surface area contributed by atoms with Gasteiger partial charge in [-0.25, -0.2) is 4.98 Å². The number of para-hydroxylation sites is 1. The van der Waals surface area contributed by atoms with Gasteiger partial charge in [0, 0.05) is 48.3 Å². The van der Waals surface area contributed by atoms with E-state index < -0.39 is 197 Å². The lowest BCUT2D eigenvalue weighted by Gasteiger charge is -2.31. The van der Waals surface area contributed by atoms with Crippen LogP contribution in [-0.2, 0) is 91.2 Å². The highest BCUT2D eigenvalue weighted by atomic mass is 16.2. The number of hydrogen-bond acceptors (Lipinski definition) is 19. The molecule has 4 aromatic rings. The molecule has 0 radical (unpaired) electrons. The van der Waals surface area contributed by atoms with Crippen LogP contribution in [0.1, 0.15) is 232 Å². The first-order valence-electron chi connectivity index (χ1n) is 46.0. The van der Waals surface area contributed by atoms with E-state index in [2.05, 4.69) is 89.4 Å². The molecule has 129 heavy (non-hydrogen) atoms. The van der Waals surface area contributed by atoms with Gasteiger partial charge in [-0.2, -0.15) is 0 Å². The van der Waals surface area contributed by atoms with E-state index in [1.807, 2.05) is 107 Å². The van der Waals surface area contributed by atoms with Crippen LogP contribution in [0.2, 0.25) is 0 Å². The summed E-state index contributed by atoms with van der Waals surface area (Å²) in [7, 11) is 0. The number of carbonyl (C=O) groups excluding carboxylic acids is 15. The lowest BCUT2D eigenvalue weighted by Crippen LogP contribution is -2.62. The van der Waals surface area contributed by atoms with Crippen LogP contribution in [0.25, 0.3) is 10.9 Å². The lowest BCUT2D eigenvalue weighted by atomic mass is 9.95. The third-order valence-electron chi connectivity index (χ3n) is 22.3. The lowest BCUT2D eigenvalue weighted by molar-refractivity contribution is -0.137. The highest BCUT2D eigenvalue weighted by Crippen LogP contribution is 2.23. The molecule has 4 rings (SSSR count). The zero-order valence-corrected chi connectivity index (χ0v) is 79.4. The summed E-state index contributed by atoms with van der Waals surface area (Å²) in [5.74, 6) is -13.8. The average molecular weight is 1810 g/mol. The van der Waals surface area contributed by atoms with E-state index in [0.29, 0.717) is 68.4 Å². The largest absolute Gasteiger partial charge is 0.368 e. The second-order valence-electron chi connectivity index (χ2n) is 37.6. The zero-order valence-electron chi connectivity index (χ0n) is 79.4. The minimum atomic E-state index is -1.39. The predicted molar refractivity (Wildman–Crippen MR) is 496 cm³/mol. The summed E-state index contributed by atoms with van der Waals surface area (Å²) < 4.78 is 0. The quantitative estimate of drug-likeness (QED) is 0.0282. The molecule has 2 aromatic carbocycles. The molecule has 0 aliphatic carbocycles. The third kappa shape index (κ3) is 38.8. The average Bonchev–Trinajstić information content (AvgIpc) is 1.70. The zero-order chi connectivity index (χ0) is 96.6. The number of aromatic amines is 2. The fourth-order valence-electron chi connectivity index (χ4n) is 14.9. The molecule has 2 aromatic heterocycles. The van der Waals surface area contributed by atoms with Gasteiger partial charge in [0.1, 0.15) is 84.6 Å². The highest BCUT2D eigenvalue weighted by molar-refractivity contribution is 6.01.